The summed E-state index contributed by atoms with van der Waals surface area (Å²) in [5, 5.41) is 0.523. The number of hydrogen-bond acceptors (Lipinski definition) is 1. The van der Waals surface area contributed by atoms with E-state index in [-0.39, 0.29) is 5.43 Å². The summed E-state index contributed by atoms with van der Waals surface area (Å²) >= 11 is 5.85. The van der Waals surface area contributed by atoms with Crippen molar-refractivity contribution in [1.29, 1.82) is 0 Å². The number of pyridine rings is 1. The maximum atomic E-state index is 11.1. The summed E-state index contributed by atoms with van der Waals surface area (Å²) < 4.78 is 1.79. The molecule has 0 atom stereocenters. The number of halogens is 1. The van der Waals surface area contributed by atoms with Crippen molar-refractivity contribution >= 4 is 11.6 Å². The van der Waals surface area contributed by atoms with Gasteiger partial charge in [-0.05, 0) is 13.8 Å². The van der Waals surface area contributed by atoms with Gasteiger partial charge in [0.2, 0.25) is 0 Å². The van der Waals surface area contributed by atoms with E-state index in [1.165, 1.54) is 0 Å². The van der Waals surface area contributed by atoms with E-state index >= 15 is 0 Å². The lowest BCUT2D eigenvalue weighted by atomic mass is 10.2. The minimum absolute atomic E-state index is 0.00519. The average molecular weight is 172 g/mol. The molecule has 1 heterocycles. The molecule has 0 aliphatic heterocycles. The standard InChI is InChI=1S/C8H10ClNO/c1-5-4-7(11)6(2)8(9)10(5)3/h4H,1-3H3. The van der Waals surface area contributed by atoms with E-state index in [0.29, 0.717) is 10.7 Å². The molecule has 1 rings (SSSR count). The highest BCUT2D eigenvalue weighted by atomic mass is 35.5. The van der Waals surface area contributed by atoms with Crippen LogP contribution in [-0.4, -0.2) is 4.57 Å². The summed E-state index contributed by atoms with van der Waals surface area (Å²) in [5.41, 5.74) is 1.50. The average Bonchev–Trinajstić information content (AvgIpc) is 1.97. The molecule has 0 aromatic carbocycles. The van der Waals surface area contributed by atoms with Gasteiger partial charge in [-0.2, -0.15) is 0 Å². The molecule has 0 unspecified atom stereocenters. The van der Waals surface area contributed by atoms with Crippen LogP contribution in [0.4, 0.5) is 0 Å². The highest BCUT2D eigenvalue weighted by molar-refractivity contribution is 6.30. The summed E-state index contributed by atoms with van der Waals surface area (Å²) in [6.07, 6.45) is 0. The van der Waals surface area contributed by atoms with Crippen molar-refractivity contribution < 1.29 is 0 Å². The van der Waals surface area contributed by atoms with Crippen LogP contribution in [0.15, 0.2) is 10.9 Å². The summed E-state index contributed by atoms with van der Waals surface area (Å²) in [6.45, 7) is 3.58. The molecule has 1 aromatic heterocycles. The largest absolute Gasteiger partial charge is 0.339 e. The summed E-state index contributed by atoms with van der Waals surface area (Å²) in [6, 6.07) is 1.58. The Labute approximate surface area is 70.4 Å². The fourth-order valence-corrected chi connectivity index (χ4v) is 1.13. The van der Waals surface area contributed by atoms with E-state index < -0.39 is 0 Å². The van der Waals surface area contributed by atoms with E-state index in [4.69, 9.17) is 11.6 Å². The second-order valence-corrected chi connectivity index (χ2v) is 2.98. The zero-order chi connectivity index (χ0) is 8.59. The Bertz CT molecular complexity index is 341. The number of nitrogens with zero attached hydrogens (tertiary/aromatic N) is 1. The van der Waals surface area contributed by atoms with Crippen LogP contribution < -0.4 is 5.43 Å². The summed E-state index contributed by atoms with van der Waals surface area (Å²) in [5.74, 6) is 0. The molecule has 0 N–H and O–H groups in total. The van der Waals surface area contributed by atoms with Gasteiger partial charge in [-0.3, -0.25) is 4.79 Å². The molecule has 0 spiro atoms. The number of aromatic nitrogens is 1. The molecule has 0 bridgehead atoms. The van der Waals surface area contributed by atoms with Gasteiger partial charge >= 0.3 is 0 Å². The van der Waals surface area contributed by atoms with E-state index in [2.05, 4.69) is 0 Å². The van der Waals surface area contributed by atoms with Crippen molar-refractivity contribution in [2.24, 2.45) is 7.05 Å². The molecule has 60 valence electrons. The first-order valence-corrected chi connectivity index (χ1v) is 3.74. The van der Waals surface area contributed by atoms with Gasteiger partial charge in [0, 0.05) is 24.4 Å². The smallest absolute Gasteiger partial charge is 0.186 e. The first-order chi connectivity index (χ1) is 5.04. The molecule has 0 aliphatic carbocycles. The maximum absolute atomic E-state index is 11.1. The fraction of sp³-hybridized carbons (Fsp3) is 0.375. The Morgan fingerprint density at radius 1 is 1.45 bits per heavy atom. The Morgan fingerprint density at radius 3 is 2.55 bits per heavy atom. The topological polar surface area (TPSA) is 22.0 Å². The van der Waals surface area contributed by atoms with Crippen molar-refractivity contribution in [3.63, 3.8) is 0 Å². The van der Waals surface area contributed by atoms with Crippen molar-refractivity contribution in [3.05, 3.63) is 32.7 Å². The number of hydrogen-bond donors (Lipinski definition) is 0. The quantitative estimate of drug-likeness (QED) is 0.545. The molecular formula is C8H10ClNO. The second-order valence-electron chi connectivity index (χ2n) is 2.62. The number of aryl methyl sites for hydroxylation is 1. The lowest BCUT2D eigenvalue weighted by Gasteiger charge is -2.07. The van der Waals surface area contributed by atoms with Gasteiger partial charge in [0.05, 0.1) is 0 Å². The lowest BCUT2D eigenvalue weighted by Crippen LogP contribution is -2.11. The predicted octanol–water partition coefficient (Wildman–Crippen LogP) is 1.66. The zero-order valence-electron chi connectivity index (χ0n) is 6.81. The van der Waals surface area contributed by atoms with Gasteiger partial charge in [-0.25, -0.2) is 0 Å². The van der Waals surface area contributed by atoms with E-state index in [9.17, 15) is 4.79 Å². The Hall–Kier alpha value is -0.760. The van der Waals surface area contributed by atoms with Crippen LogP contribution >= 0.6 is 11.6 Å². The Morgan fingerprint density at radius 2 is 2.00 bits per heavy atom. The van der Waals surface area contributed by atoms with Crippen LogP contribution in [-0.2, 0) is 7.05 Å². The van der Waals surface area contributed by atoms with Crippen molar-refractivity contribution in [1.82, 2.24) is 4.57 Å². The Balaban J connectivity index is 3.59. The summed E-state index contributed by atoms with van der Waals surface area (Å²) in [7, 11) is 1.84. The van der Waals surface area contributed by atoms with E-state index in [1.807, 2.05) is 14.0 Å². The molecule has 1 aromatic rings. The highest BCUT2D eigenvalue weighted by Gasteiger charge is 2.03. The fourth-order valence-electron chi connectivity index (χ4n) is 0.903. The second kappa shape index (κ2) is 2.70. The molecule has 0 radical (unpaired) electrons. The molecule has 0 fully saturated rings. The van der Waals surface area contributed by atoms with Crippen molar-refractivity contribution in [2.45, 2.75) is 13.8 Å². The van der Waals surface area contributed by atoms with Gasteiger partial charge in [-0.15, -0.1) is 0 Å². The normalized spacial score (nSPS) is 10.2. The first-order valence-electron chi connectivity index (χ1n) is 3.36. The van der Waals surface area contributed by atoms with Crippen LogP contribution in [0, 0.1) is 13.8 Å². The SMILES string of the molecule is Cc1c(Cl)n(C)c(C)cc1=O. The van der Waals surface area contributed by atoms with Crippen molar-refractivity contribution in [3.8, 4) is 0 Å². The van der Waals surface area contributed by atoms with E-state index in [1.54, 1.807) is 17.6 Å². The summed E-state index contributed by atoms with van der Waals surface area (Å²) in [4.78, 5) is 11.1. The lowest BCUT2D eigenvalue weighted by molar-refractivity contribution is 0.845. The molecule has 11 heavy (non-hydrogen) atoms. The molecule has 2 nitrogen and oxygen atoms in total. The van der Waals surface area contributed by atoms with E-state index in [0.717, 1.165) is 5.69 Å². The highest BCUT2D eigenvalue weighted by Crippen LogP contribution is 2.11. The van der Waals surface area contributed by atoms with Crippen molar-refractivity contribution in [2.75, 3.05) is 0 Å². The van der Waals surface area contributed by atoms with Crippen LogP contribution in [0.3, 0.4) is 0 Å². The first kappa shape index (κ1) is 8.34. The van der Waals surface area contributed by atoms with Crippen LogP contribution in [0.5, 0.6) is 0 Å². The van der Waals surface area contributed by atoms with Gasteiger partial charge in [-0.1, -0.05) is 11.6 Å². The molecule has 0 amide bonds. The third-order valence-electron chi connectivity index (χ3n) is 1.84. The van der Waals surface area contributed by atoms with Gasteiger partial charge in [0.25, 0.3) is 0 Å². The van der Waals surface area contributed by atoms with Gasteiger partial charge in [0.15, 0.2) is 5.43 Å². The molecule has 0 saturated heterocycles. The monoisotopic (exact) mass is 171 g/mol. The van der Waals surface area contributed by atoms with Crippen LogP contribution in [0.1, 0.15) is 11.3 Å². The molecular weight excluding hydrogens is 162 g/mol. The maximum Gasteiger partial charge on any atom is 0.186 e. The molecule has 0 aliphatic rings. The minimum atomic E-state index is 0.00519. The third kappa shape index (κ3) is 1.31. The molecule has 3 heteroatoms. The zero-order valence-corrected chi connectivity index (χ0v) is 7.57. The molecule has 0 saturated carbocycles. The van der Waals surface area contributed by atoms with Crippen LogP contribution in [0.2, 0.25) is 5.15 Å². The third-order valence-corrected chi connectivity index (χ3v) is 2.38. The predicted molar refractivity (Wildman–Crippen MR) is 46.2 cm³/mol. The van der Waals surface area contributed by atoms with Crippen LogP contribution in [0.25, 0.3) is 0 Å². The minimum Gasteiger partial charge on any atom is -0.339 e. The van der Waals surface area contributed by atoms with Gasteiger partial charge < -0.3 is 4.57 Å². The number of rotatable bonds is 0. The van der Waals surface area contributed by atoms with Gasteiger partial charge in [0.1, 0.15) is 5.15 Å². The Kier molecular flexibility index (Phi) is 2.05.